The molecule has 1 N–H and O–H groups in total. The molecule has 1 aliphatic heterocycles. The van der Waals surface area contributed by atoms with E-state index in [-0.39, 0.29) is 0 Å². The van der Waals surface area contributed by atoms with Crippen LogP contribution >= 0.6 is 0 Å². The molecule has 1 rings (SSSR count). The molecule has 0 aromatic heterocycles. The molecule has 4 nitrogen and oxygen atoms in total. The van der Waals surface area contributed by atoms with E-state index in [1.807, 2.05) is 39.8 Å². The fourth-order valence-corrected chi connectivity index (χ4v) is 1.49. The minimum Gasteiger partial charge on any atom is -0.487 e. The Morgan fingerprint density at radius 1 is 1.53 bits per heavy atom. The number of rotatable bonds is 3. The van der Waals surface area contributed by atoms with E-state index in [0.29, 0.717) is 12.3 Å². The number of allylic oxidation sites excluding steroid dienone is 5. The van der Waals surface area contributed by atoms with Crippen LogP contribution in [-0.4, -0.2) is 18.3 Å². The lowest BCUT2D eigenvalue weighted by Crippen LogP contribution is -2.33. The summed E-state index contributed by atoms with van der Waals surface area (Å²) in [4.78, 5) is 11.6. The van der Waals surface area contributed by atoms with Crippen molar-refractivity contribution in [2.75, 3.05) is 6.61 Å². The SMILES string of the molecule is C=C/C=C\C1=C(C)C=C(NC(=O)OC(C)(C)C)CO1. The van der Waals surface area contributed by atoms with Gasteiger partial charge in [0.25, 0.3) is 0 Å². The van der Waals surface area contributed by atoms with Gasteiger partial charge in [-0.05, 0) is 45.4 Å². The van der Waals surface area contributed by atoms with Gasteiger partial charge in [-0.3, -0.25) is 5.32 Å². The van der Waals surface area contributed by atoms with Crippen molar-refractivity contribution in [2.45, 2.75) is 33.3 Å². The number of alkyl carbamates (subject to hydrolysis) is 1. The van der Waals surface area contributed by atoms with E-state index in [1.54, 1.807) is 12.2 Å². The Kier molecular flexibility index (Phi) is 4.98. The van der Waals surface area contributed by atoms with Crippen LogP contribution in [0.5, 0.6) is 0 Å². The summed E-state index contributed by atoms with van der Waals surface area (Å²) >= 11 is 0. The predicted octanol–water partition coefficient (Wildman–Crippen LogP) is 3.44. The van der Waals surface area contributed by atoms with Gasteiger partial charge in [-0.25, -0.2) is 4.79 Å². The monoisotopic (exact) mass is 263 g/mol. The second-order valence-corrected chi connectivity index (χ2v) is 5.23. The molecule has 104 valence electrons. The van der Waals surface area contributed by atoms with Gasteiger partial charge in [0.2, 0.25) is 0 Å². The molecule has 0 atom stereocenters. The van der Waals surface area contributed by atoms with Crippen LogP contribution < -0.4 is 5.32 Å². The Balaban J connectivity index is 2.67. The van der Waals surface area contributed by atoms with Crippen molar-refractivity contribution < 1.29 is 14.3 Å². The molecule has 1 aliphatic rings. The average Bonchev–Trinajstić information content (AvgIpc) is 2.25. The third-order valence-electron chi connectivity index (χ3n) is 2.21. The number of ether oxygens (including phenoxy) is 2. The molecule has 0 saturated carbocycles. The highest BCUT2D eigenvalue weighted by molar-refractivity contribution is 5.70. The number of carbonyl (C=O) groups is 1. The molecule has 0 bridgehead atoms. The van der Waals surface area contributed by atoms with Crippen LogP contribution in [0, 0.1) is 0 Å². The summed E-state index contributed by atoms with van der Waals surface area (Å²) in [7, 11) is 0. The Morgan fingerprint density at radius 3 is 2.74 bits per heavy atom. The summed E-state index contributed by atoms with van der Waals surface area (Å²) in [5.74, 6) is 0.773. The molecule has 0 aliphatic carbocycles. The Bertz CT molecular complexity index is 451. The average molecular weight is 263 g/mol. The van der Waals surface area contributed by atoms with Crippen LogP contribution in [0.3, 0.4) is 0 Å². The number of hydrogen-bond donors (Lipinski definition) is 1. The number of nitrogens with one attached hydrogen (secondary N) is 1. The zero-order chi connectivity index (χ0) is 14.5. The van der Waals surface area contributed by atoms with Crippen molar-refractivity contribution >= 4 is 6.09 Å². The maximum absolute atomic E-state index is 11.6. The number of hydrogen-bond acceptors (Lipinski definition) is 3. The summed E-state index contributed by atoms with van der Waals surface area (Å²) in [6, 6.07) is 0. The smallest absolute Gasteiger partial charge is 0.412 e. The van der Waals surface area contributed by atoms with Gasteiger partial charge in [0.1, 0.15) is 18.0 Å². The molecule has 0 aromatic rings. The second kappa shape index (κ2) is 6.27. The standard InChI is InChI=1S/C15H21NO3/c1-6-7-8-13-11(2)9-12(10-18-13)16-14(17)19-15(3,4)5/h6-9H,1,10H2,2-5H3,(H,16,17)/b8-7-. The van der Waals surface area contributed by atoms with Crippen molar-refractivity contribution in [3.05, 3.63) is 47.9 Å². The molecular formula is C15H21NO3. The molecule has 0 aromatic carbocycles. The van der Waals surface area contributed by atoms with Crippen LogP contribution in [0.1, 0.15) is 27.7 Å². The van der Waals surface area contributed by atoms with Crippen LogP contribution in [-0.2, 0) is 9.47 Å². The Labute approximate surface area is 114 Å². The van der Waals surface area contributed by atoms with E-state index in [0.717, 1.165) is 11.3 Å². The highest BCUT2D eigenvalue weighted by atomic mass is 16.6. The lowest BCUT2D eigenvalue weighted by atomic mass is 10.1. The second-order valence-electron chi connectivity index (χ2n) is 5.23. The highest BCUT2D eigenvalue weighted by Crippen LogP contribution is 2.17. The maximum atomic E-state index is 11.6. The van der Waals surface area contributed by atoms with Crippen molar-refractivity contribution in [1.82, 2.24) is 5.32 Å². The molecule has 0 fully saturated rings. The third-order valence-corrected chi connectivity index (χ3v) is 2.21. The van der Waals surface area contributed by atoms with Crippen molar-refractivity contribution in [1.29, 1.82) is 0 Å². The summed E-state index contributed by atoms with van der Waals surface area (Å²) in [5, 5.41) is 2.68. The van der Waals surface area contributed by atoms with Crippen LogP contribution in [0.2, 0.25) is 0 Å². The molecule has 1 amide bonds. The lowest BCUT2D eigenvalue weighted by molar-refractivity contribution is 0.0536. The zero-order valence-corrected chi connectivity index (χ0v) is 11.9. The molecule has 0 unspecified atom stereocenters. The number of carbonyl (C=O) groups excluding carboxylic acids is 1. The molecule has 0 radical (unpaired) electrons. The van der Waals surface area contributed by atoms with Gasteiger partial charge < -0.3 is 9.47 Å². The van der Waals surface area contributed by atoms with Crippen molar-refractivity contribution in [3.8, 4) is 0 Å². The quantitative estimate of drug-likeness (QED) is 0.793. The van der Waals surface area contributed by atoms with E-state index in [9.17, 15) is 4.79 Å². The summed E-state index contributed by atoms with van der Waals surface area (Å²) in [6.07, 6.45) is 6.72. The van der Waals surface area contributed by atoms with Crippen LogP contribution in [0.15, 0.2) is 47.9 Å². The molecule has 0 spiro atoms. The van der Waals surface area contributed by atoms with E-state index in [4.69, 9.17) is 9.47 Å². The van der Waals surface area contributed by atoms with Gasteiger partial charge in [0.05, 0.1) is 5.70 Å². The normalized spacial score (nSPS) is 15.9. The first-order valence-corrected chi connectivity index (χ1v) is 6.15. The van der Waals surface area contributed by atoms with Gasteiger partial charge in [0, 0.05) is 0 Å². The van der Waals surface area contributed by atoms with Crippen LogP contribution in [0.25, 0.3) is 0 Å². The first kappa shape index (κ1) is 15.1. The fraction of sp³-hybridized carbons (Fsp3) is 0.400. The van der Waals surface area contributed by atoms with Crippen LogP contribution in [0.4, 0.5) is 4.79 Å². The van der Waals surface area contributed by atoms with Gasteiger partial charge in [-0.1, -0.05) is 18.7 Å². The summed E-state index contributed by atoms with van der Waals surface area (Å²) < 4.78 is 10.7. The zero-order valence-electron chi connectivity index (χ0n) is 11.9. The topological polar surface area (TPSA) is 47.6 Å². The van der Waals surface area contributed by atoms with Crippen molar-refractivity contribution in [2.24, 2.45) is 0 Å². The lowest BCUT2D eigenvalue weighted by Gasteiger charge is -2.22. The van der Waals surface area contributed by atoms with Crippen molar-refractivity contribution in [3.63, 3.8) is 0 Å². The van der Waals surface area contributed by atoms with Gasteiger partial charge in [-0.15, -0.1) is 0 Å². The molecule has 19 heavy (non-hydrogen) atoms. The molecule has 4 heteroatoms. The summed E-state index contributed by atoms with van der Waals surface area (Å²) in [6.45, 7) is 11.3. The molecule has 0 saturated heterocycles. The van der Waals surface area contributed by atoms with E-state index >= 15 is 0 Å². The Hall–Kier alpha value is -1.97. The van der Waals surface area contributed by atoms with E-state index < -0.39 is 11.7 Å². The summed E-state index contributed by atoms with van der Waals surface area (Å²) in [5.41, 5.74) is 1.11. The predicted molar refractivity (Wildman–Crippen MR) is 75.4 cm³/mol. The minimum atomic E-state index is -0.511. The van der Waals surface area contributed by atoms with E-state index in [2.05, 4.69) is 11.9 Å². The first-order chi connectivity index (χ1) is 8.81. The van der Waals surface area contributed by atoms with E-state index in [1.165, 1.54) is 0 Å². The Morgan fingerprint density at radius 2 is 2.21 bits per heavy atom. The largest absolute Gasteiger partial charge is 0.487 e. The van der Waals surface area contributed by atoms with Gasteiger partial charge in [-0.2, -0.15) is 0 Å². The highest BCUT2D eigenvalue weighted by Gasteiger charge is 2.18. The molecular weight excluding hydrogens is 242 g/mol. The van der Waals surface area contributed by atoms with Gasteiger partial charge >= 0.3 is 6.09 Å². The molecule has 1 heterocycles. The third kappa shape index (κ3) is 5.46. The fourth-order valence-electron chi connectivity index (χ4n) is 1.49. The maximum Gasteiger partial charge on any atom is 0.412 e. The minimum absolute atomic E-state index is 0.313. The number of amides is 1. The van der Waals surface area contributed by atoms with Gasteiger partial charge in [0.15, 0.2) is 0 Å². The first-order valence-electron chi connectivity index (χ1n) is 6.15.